The van der Waals surface area contributed by atoms with Crippen LogP contribution in [0.5, 0.6) is 0 Å². The third-order valence-corrected chi connectivity index (χ3v) is 4.35. The van der Waals surface area contributed by atoms with Gasteiger partial charge in [0.05, 0.1) is 5.52 Å². The van der Waals surface area contributed by atoms with E-state index >= 15 is 0 Å². The van der Waals surface area contributed by atoms with Crippen molar-refractivity contribution in [2.24, 2.45) is 11.8 Å². The molecule has 3 N–H and O–H groups in total. The van der Waals surface area contributed by atoms with E-state index in [1.54, 1.807) is 18.2 Å². The maximum atomic E-state index is 12.2. The molecule has 0 bridgehead atoms. The minimum Gasteiger partial charge on any atom is -0.408 e. The largest absolute Gasteiger partial charge is 0.417 e. The molecule has 1 aromatic heterocycles. The normalized spacial score (nSPS) is 19.1. The summed E-state index contributed by atoms with van der Waals surface area (Å²) in [5, 5.41) is 6.28. The van der Waals surface area contributed by atoms with Crippen LogP contribution in [-0.2, 0) is 4.79 Å². The number of piperidine rings is 1. The topological polar surface area (TPSA) is 87.1 Å². The van der Waals surface area contributed by atoms with Crippen molar-refractivity contribution < 1.29 is 9.21 Å². The number of nitrogens with one attached hydrogen (secondary N) is 3. The monoisotopic (exact) mass is 339 g/mol. The second-order valence-electron chi connectivity index (χ2n) is 6.06. The predicted octanol–water partition coefficient (Wildman–Crippen LogP) is 2.51. The summed E-state index contributed by atoms with van der Waals surface area (Å²) in [5.41, 5.74) is 1.75. The van der Waals surface area contributed by atoms with Crippen LogP contribution in [0.2, 0.25) is 0 Å². The zero-order valence-electron chi connectivity index (χ0n) is 13.1. The molecule has 2 unspecified atom stereocenters. The fraction of sp³-hybridized carbons (Fsp3) is 0.500. The average Bonchev–Trinajstić information content (AvgIpc) is 2.87. The molecule has 0 aliphatic carbocycles. The van der Waals surface area contributed by atoms with Gasteiger partial charge in [0.2, 0.25) is 5.91 Å². The van der Waals surface area contributed by atoms with Gasteiger partial charge in [0.15, 0.2) is 5.58 Å². The summed E-state index contributed by atoms with van der Waals surface area (Å²) in [6.45, 7) is 4.21. The van der Waals surface area contributed by atoms with E-state index in [9.17, 15) is 9.59 Å². The van der Waals surface area contributed by atoms with Crippen molar-refractivity contribution in [3.63, 3.8) is 0 Å². The first-order valence-electron chi connectivity index (χ1n) is 7.75. The van der Waals surface area contributed by atoms with Crippen molar-refractivity contribution >= 4 is 35.1 Å². The Bertz CT molecular complexity index is 719. The molecule has 0 saturated carbocycles. The molecule has 7 heteroatoms. The van der Waals surface area contributed by atoms with Gasteiger partial charge >= 0.3 is 5.76 Å². The van der Waals surface area contributed by atoms with E-state index in [1.165, 1.54) is 12.8 Å². The molecule has 1 aliphatic rings. The van der Waals surface area contributed by atoms with Gasteiger partial charge in [0.25, 0.3) is 0 Å². The molecule has 23 heavy (non-hydrogen) atoms. The van der Waals surface area contributed by atoms with E-state index in [0.717, 1.165) is 13.1 Å². The molecule has 6 nitrogen and oxygen atoms in total. The first-order chi connectivity index (χ1) is 10.6. The molecule has 0 radical (unpaired) electrons. The van der Waals surface area contributed by atoms with Gasteiger partial charge < -0.3 is 15.1 Å². The second kappa shape index (κ2) is 7.66. The van der Waals surface area contributed by atoms with Gasteiger partial charge in [0.1, 0.15) is 0 Å². The van der Waals surface area contributed by atoms with Crippen LogP contribution in [0.3, 0.4) is 0 Å². The van der Waals surface area contributed by atoms with Gasteiger partial charge in [-0.25, -0.2) is 4.79 Å². The number of fused-ring (bicyclic) bond motifs is 1. The average molecular weight is 340 g/mol. The number of amides is 1. The molecule has 1 saturated heterocycles. The Kier molecular flexibility index (Phi) is 5.85. The maximum Gasteiger partial charge on any atom is 0.417 e. The van der Waals surface area contributed by atoms with Crippen LogP contribution in [0.15, 0.2) is 27.4 Å². The van der Waals surface area contributed by atoms with Crippen LogP contribution in [0.25, 0.3) is 11.1 Å². The first-order valence-corrected chi connectivity index (χ1v) is 7.75. The highest BCUT2D eigenvalue weighted by atomic mass is 35.5. The van der Waals surface area contributed by atoms with E-state index in [-0.39, 0.29) is 18.3 Å². The first kappa shape index (κ1) is 17.6. The van der Waals surface area contributed by atoms with Crippen LogP contribution in [0, 0.1) is 11.8 Å². The van der Waals surface area contributed by atoms with Crippen molar-refractivity contribution in [1.29, 1.82) is 0 Å². The quantitative estimate of drug-likeness (QED) is 0.798. The number of halogens is 1. The van der Waals surface area contributed by atoms with Crippen LogP contribution in [0.1, 0.15) is 26.2 Å². The fourth-order valence-corrected chi connectivity index (χ4v) is 3.07. The smallest absolute Gasteiger partial charge is 0.408 e. The lowest BCUT2D eigenvalue weighted by molar-refractivity contribution is -0.117. The van der Waals surface area contributed by atoms with Crippen molar-refractivity contribution in [1.82, 2.24) is 10.3 Å². The Morgan fingerprint density at radius 2 is 2.30 bits per heavy atom. The van der Waals surface area contributed by atoms with Crippen molar-refractivity contribution in [2.75, 3.05) is 18.4 Å². The fourth-order valence-electron chi connectivity index (χ4n) is 3.07. The van der Waals surface area contributed by atoms with E-state index in [0.29, 0.717) is 35.0 Å². The number of benzene rings is 1. The van der Waals surface area contributed by atoms with Crippen LogP contribution in [0.4, 0.5) is 5.69 Å². The lowest BCUT2D eigenvalue weighted by atomic mass is 9.85. The molecular weight excluding hydrogens is 318 g/mol. The van der Waals surface area contributed by atoms with Gasteiger partial charge in [-0.2, -0.15) is 0 Å². The van der Waals surface area contributed by atoms with Gasteiger partial charge in [-0.15, -0.1) is 12.4 Å². The van der Waals surface area contributed by atoms with Gasteiger partial charge in [-0.05, 0) is 56.0 Å². The lowest BCUT2D eigenvalue weighted by Gasteiger charge is -2.28. The Hall–Kier alpha value is -1.79. The maximum absolute atomic E-state index is 12.2. The number of aromatic amines is 1. The lowest BCUT2D eigenvalue weighted by Crippen LogP contribution is -2.34. The number of hydrogen-bond donors (Lipinski definition) is 3. The third-order valence-electron chi connectivity index (χ3n) is 4.35. The van der Waals surface area contributed by atoms with Gasteiger partial charge in [-0.1, -0.05) is 6.92 Å². The summed E-state index contributed by atoms with van der Waals surface area (Å²) in [4.78, 5) is 25.9. The van der Waals surface area contributed by atoms with Gasteiger partial charge in [-0.3, -0.25) is 9.78 Å². The zero-order chi connectivity index (χ0) is 15.5. The number of carbonyl (C=O) groups is 1. The van der Waals surface area contributed by atoms with Crippen LogP contribution < -0.4 is 16.4 Å². The number of rotatable bonds is 4. The van der Waals surface area contributed by atoms with Crippen molar-refractivity contribution in [3.8, 4) is 0 Å². The number of oxazole rings is 1. The molecule has 2 atom stereocenters. The van der Waals surface area contributed by atoms with Crippen LogP contribution in [-0.4, -0.2) is 24.0 Å². The molecular formula is C16H22ClN3O3. The van der Waals surface area contributed by atoms with Crippen molar-refractivity contribution in [2.45, 2.75) is 26.2 Å². The van der Waals surface area contributed by atoms with E-state index < -0.39 is 5.76 Å². The molecule has 3 rings (SSSR count). The van der Waals surface area contributed by atoms with E-state index in [1.807, 2.05) is 0 Å². The summed E-state index contributed by atoms with van der Waals surface area (Å²) in [6, 6.07) is 5.13. The summed E-state index contributed by atoms with van der Waals surface area (Å²) >= 11 is 0. The standard InChI is InChI=1S/C16H21N3O3.ClH/c1-10(11-3-2-6-17-9-11)7-15(20)18-12-4-5-14-13(8-12)19-16(21)22-14;/h4-5,8,10-11,17H,2-3,6-7,9H2,1H3,(H,18,20)(H,19,21);1H. The number of anilines is 1. The Labute approximate surface area is 140 Å². The summed E-state index contributed by atoms with van der Waals surface area (Å²) in [5.74, 6) is 0.428. The third kappa shape index (κ3) is 4.36. The number of hydrogen-bond acceptors (Lipinski definition) is 4. The molecule has 2 aromatic rings. The Morgan fingerprint density at radius 3 is 3.04 bits per heavy atom. The summed E-state index contributed by atoms with van der Waals surface area (Å²) in [7, 11) is 0. The predicted molar refractivity (Wildman–Crippen MR) is 92.1 cm³/mol. The molecule has 126 valence electrons. The SMILES string of the molecule is CC(CC(=O)Nc1ccc2oc(=O)[nH]c2c1)C1CCCNC1.Cl. The highest BCUT2D eigenvalue weighted by Gasteiger charge is 2.22. The summed E-state index contributed by atoms with van der Waals surface area (Å²) in [6.07, 6.45) is 2.87. The molecule has 1 fully saturated rings. The highest BCUT2D eigenvalue weighted by Crippen LogP contribution is 2.23. The minimum atomic E-state index is -0.489. The van der Waals surface area contributed by atoms with Gasteiger partial charge in [0, 0.05) is 12.1 Å². The van der Waals surface area contributed by atoms with E-state index in [2.05, 4.69) is 22.5 Å². The highest BCUT2D eigenvalue weighted by molar-refractivity contribution is 5.92. The molecule has 0 spiro atoms. The van der Waals surface area contributed by atoms with Crippen LogP contribution >= 0.6 is 12.4 Å². The van der Waals surface area contributed by atoms with Crippen molar-refractivity contribution in [3.05, 3.63) is 28.7 Å². The number of H-pyrrole nitrogens is 1. The Balaban J connectivity index is 0.00000192. The molecule has 1 aliphatic heterocycles. The molecule has 1 aromatic carbocycles. The second-order valence-corrected chi connectivity index (χ2v) is 6.06. The number of aromatic nitrogens is 1. The minimum absolute atomic E-state index is 0. The summed E-state index contributed by atoms with van der Waals surface area (Å²) < 4.78 is 4.94. The Morgan fingerprint density at radius 1 is 1.48 bits per heavy atom. The molecule has 1 amide bonds. The van der Waals surface area contributed by atoms with E-state index in [4.69, 9.17) is 4.42 Å². The zero-order valence-corrected chi connectivity index (χ0v) is 13.9. The molecule has 2 heterocycles. The number of carbonyl (C=O) groups excluding carboxylic acids is 1.